The molecule has 2 heterocycles. The number of alkyl halides is 3. The summed E-state index contributed by atoms with van der Waals surface area (Å²) in [6.45, 7) is 2.90. The van der Waals surface area contributed by atoms with Gasteiger partial charge in [-0.15, -0.1) is 0 Å². The lowest BCUT2D eigenvalue weighted by atomic mass is 10.2. The van der Waals surface area contributed by atoms with Crippen LogP contribution in [0.5, 0.6) is 11.5 Å². The van der Waals surface area contributed by atoms with Crippen LogP contribution < -0.4 is 15.0 Å². The van der Waals surface area contributed by atoms with Crippen LogP contribution in [0.25, 0.3) is 0 Å². The lowest BCUT2D eigenvalue weighted by Gasteiger charge is -2.28. The van der Waals surface area contributed by atoms with Gasteiger partial charge in [0, 0.05) is 18.7 Å². The first-order chi connectivity index (χ1) is 15.4. The molecule has 6 nitrogen and oxygen atoms in total. The van der Waals surface area contributed by atoms with E-state index in [1.807, 2.05) is 6.07 Å². The third-order valence-corrected chi connectivity index (χ3v) is 4.86. The van der Waals surface area contributed by atoms with Crippen molar-refractivity contribution in [2.24, 2.45) is 0 Å². The summed E-state index contributed by atoms with van der Waals surface area (Å²) in [5.41, 5.74) is 0.423. The highest BCUT2D eigenvalue weighted by Gasteiger charge is 2.30. The van der Waals surface area contributed by atoms with Crippen molar-refractivity contribution in [3.05, 3.63) is 78.0 Å². The molecule has 1 amide bonds. The fourth-order valence-electron chi connectivity index (χ4n) is 3.23. The molecule has 166 valence electrons. The number of carbonyl (C=O) groups is 1. The quantitative estimate of drug-likeness (QED) is 0.603. The first-order valence-corrected chi connectivity index (χ1v) is 9.94. The average molecular weight is 443 g/mol. The number of pyridine rings is 1. The number of benzene rings is 2. The predicted octanol–water partition coefficient (Wildman–Crippen LogP) is 4.98. The number of halogens is 3. The second-order valence-corrected chi connectivity index (χ2v) is 7.11. The maximum atomic E-state index is 12.9. The number of nitrogens with zero attached hydrogens (tertiary/aromatic N) is 2. The van der Waals surface area contributed by atoms with Crippen LogP contribution in [-0.2, 0) is 10.9 Å². The largest absolute Gasteiger partial charge is 0.457 e. The highest BCUT2D eigenvalue weighted by molar-refractivity contribution is 6.04. The second kappa shape index (κ2) is 9.27. The van der Waals surface area contributed by atoms with Gasteiger partial charge in [0.25, 0.3) is 5.91 Å². The van der Waals surface area contributed by atoms with E-state index in [1.165, 1.54) is 18.2 Å². The minimum Gasteiger partial charge on any atom is -0.457 e. The van der Waals surface area contributed by atoms with Crippen molar-refractivity contribution in [1.29, 1.82) is 0 Å². The van der Waals surface area contributed by atoms with Crippen molar-refractivity contribution in [3.8, 4) is 11.5 Å². The Morgan fingerprint density at radius 3 is 2.41 bits per heavy atom. The van der Waals surface area contributed by atoms with E-state index < -0.39 is 17.6 Å². The van der Waals surface area contributed by atoms with Crippen LogP contribution in [0, 0.1) is 0 Å². The number of amides is 1. The third-order valence-electron chi connectivity index (χ3n) is 4.86. The number of hydrogen-bond acceptors (Lipinski definition) is 5. The molecule has 1 aliphatic heterocycles. The molecule has 1 aromatic heterocycles. The zero-order valence-electron chi connectivity index (χ0n) is 16.9. The van der Waals surface area contributed by atoms with E-state index in [9.17, 15) is 18.0 Å². The van der Waals surface area contributed by atoms with E-state index in [1.54, 1.807) is 30.5 Å². The summed E-state index contributed by atoms with van der Waals surface area (Å²) in [7, 11) is 0. The summed E-state index contributed by atoms with van der Waals surface area (Å²) < 4.78 is 49.5. The van der Waals surface area contributed by atoms with Gasteiger partial charge in [-0.05, 0) is 48.5 Å². The summed E-state index contributed by atoms with van der Waals surface area (Å²) in [4.78, 5) is 19.0. The number of rotatable bonds is 5. The van der Waals surface area contributed by atoms with Crippen molar-refractivity contribution in [2.45, 2.75) is 6.18 Å². The van der Waals surface area contributed by atoms with Crippen molar-refractivity contribution >= 4 is 17.4 Å². The zero-order chi connectivity index (χ0) is 22.6. The van der Waals surface area contributed by atoms with Crippen LogP contribution in [0.3, 0.4) is 0 Å². The second-order valence-electron chi connectivity index (χ2n) is 7.11. The van der Waals surface area contributed by atoms with Crippen LogP contribution >= 0.6 is 0 Å². The summed E-state index contributed by atoms with van der Waals surface area (Å²) in [5, 5.41) is 2.71. The van der Waals surface area contributed by atoms with Crippen LogP contribution in [0.4, 0.5) is 24.7 Å². The highest BCUT2D eigenvalue weighted by atomic mass is 19.4. The Morgan fingerprint density at radius 1 is 1.00 bits per heavy atom. The lowest BCUT2D eigenvalue weighted by Crippen LogP contribution is -2.36. The fourth-order valence-corrected chi connectivity index (χ4v) is 3.23. The normalized spacial score (nSPS) is 14.2. The predicted molar refractivity (Wildman–Crippen MR) is 113 cm³/mol. The molecule has 0 atom stereocenters. The monoisotopic (exact) mass is 443 g/mol. The van der Waals surface area contributed by atoms with Gasteiger partial charge in [0.2, 0.25) is 0 Å². The number of carbonyl (C=O) groups excluding carboxylic acids is 1. The molecule has 2 aromatic carbocycles. The number of hydrogen-bond donors (Lipinski definition) is 1. The van der Waals surface area contributed by atoms with Crippen LogP contribution in [0.2, 0.25) is 0 Å². The molecule has 1 saturated heterocycles. The Bertz CT molecular complexity index is 1080. The minimum absolute atomic E-state index is 0.0257. The minimum atomic E-state index is -4.47. The Kier molecular flexibility index (Phi) is 6.27. The summed E-state index contributed by atoms with van der Waals surface area (Å²) in [6, 6.07) is 14.3. The average Bonchev–Trinajstić information content (AvgIpc) is 2.80. The summed E-state index contributed by atoms with van der Waals surface area (Å²) in [6.07, 6.45) is -2.78. The number of aromatic nitrogens is 1. The Hall–Kier alpha value is -3.59. The fraction of sp³-hybridized carbons (Fsp3) is 0.217. The van der Waals surface area contributed by atoms with Gasteiger partial charge in [-0.2, -0.15) is 13.2 Å². The van der Waals surface area contributed by atoms with Gasteiger partial charge in [-0.25, -0.2) is 4.98 Å². The van der Waals surface area contributed by atoms with E-state index in [-0.39, 0.29) is 17.1 Å². The number of anilines is 2. The van der Waals surface area contributed by atoms with Gasteiger partial charge in [-0.3, -0.25) is 4.79 Å². The summed E-state index contributed by atoms with van der Waals surface area (Å²) in [5.74, 6) is 0.243. The van der Waals surface area contributed by atoms with Crippen LogP contribution in [-0.4, -0.2) is 37.2 Å². The maximum Gasteiger partial charge on any atom is 0.416 e. The number of ether oxygens (including phenoxy) is 2. The number of nitrogens with one attached hydrogen (secondary N) is 1. The van der Waals surface area contributed by atoms with E-state index in [2.05, 4.69) is 15.2 Å². The van der Waals surface area contributed by atoms with Gasteiger partial charge in [0.05, 0.1) is 30.7 Å². The SMILES string of the molecule is O=C(Nc1ccc(N2CCOCC2)cn1)c1cccc(Oc2cccc(C(F)(F)F)c2)c1. The molecule has 0 spiro atoms. The smallest absolute Gasteiger partial charge is 0.416 e. The molecule has 0 saturated carbocycles. The molecule has 0 unspecified atom stereocenters. The Balaban J connectivity index is 1.42. The van der Waals surface area contributed by atoms with Gasteiger partial charge >= 0.3 is 6.18 Å². The van der Waals surface area contributed by atoms with Gasteiger partial charge < -0.3 is 19.7 Å². The molecule has 4 rings (SSSR count). The van der Waals surface area contributed by atoms with Crippen molar-refractivity contribution in [3.63, 3.8) is 0 Å². The number of morpholine rings is 1. The van der Waals surface area contributed by atoms with Gasteiger partial charge in [0.15, 0.2) is 0 Å². The lowest BCUT2D eigenvalue weighted by molar-refractivity contribution is -0.137. The molecule has 0 bridgehead atoms. The van der Waals surface area contributed by atoms with Crippen LogP contribution in [0.1, 0.15) is 15.9 Å². The molecular weight excluding hydrogens is 423 g/mol. The van der Waals surface area contributed by atoms with Gasteiger partial charge in [0.1, 0.15) is 17.3 Å². The highest BCUT2D eigenvalue weighted by Crippen LogP contribution is 2.32. The molecule has 32 heavy (non-hydrogen) atoms. The van der Waals surface area contributed by atoms with E-state index in [0.29, 0.717) is 19.0 Å². The maximum absolute atomic E-state index is 12.9. The Morgan fingerprint density at radius 2 is 1.72 bits per heavy atom. The first-order valence-electron chi connectivity index (χ1n) is 9.94. The van der Waals surface area contributed by atoms with E-state index in [0.717, 1.165) is 30.9 Å². The topological polar surface area (TPSA) is 63.7 Å². The molecule has 1 aliphatic rings. The molecule has 0 radical (unpaired) electrons. The third kappa shape index (κ3) is 5.36. The first kappa shape index (κ1) is 21.6. The van der Waals surface area contributed by atoms with Crippen molar-refractivity contribution in [2.75, 3.05) is 36.5 Å². The van der Waals surface area contributed by atoms with E-state index >= 15 is 0 Å². The molecular formula is C23H20F3N3O3. The van der Waals surface area contributed by atoms with Gasteiger partial charge in [-0.1, -0.05) is 12.1 Å². The van der Waals surface area contributed by atoms with Crippen molar-refractivity contribution < 1.29 is 27.4 Å². The molecule has 1 fully saturated rings. The standard InChI is InChI=1S/C23H20F3N3O3/c24-23(25,26)17-4-2-6-20(14-17)32-19-5-1-3-16(13-19)22(30)28-21-8-7-18(15-27-21)29-9-11-31-12-10-29/h1-8,13-15H,9-12H2,(H,27,28,30). The molecule has 0 aliphatic carbocycles. The van der Waals surface area contributed by atoms with Crippen molar-refractivity contribution in [1.82, 2.24) is 4.98 Å². The van der Waals surface area contributed by atoms with E-state index in [4.69, 9.17) is 9.47 Å². The van der Waals surface area contributed by atoms with Crippen LogP contribution in [0.15, 0.2) is 66.9 Å². The molecule has 1 N–H and O–H groups in total. The molecule has 3 aromatic rings. The Labute approximate surface area is 182 Å². The zero-order valence-corrected chi connectivity index (χ0v) is 16.9. The summed E-state index contributed by atoms with van der Waals surface area (Å²) >= 11 is 0. The molecule has 9 heteroatoms.